The van der Waals surface area contributed by atoms with Gasteiger partial charge in [0.15, 0.2) is 0 Å². The number of rotatable bonds is 2. The summed E-state index contributed by atoms with van der Waals surface area (Å²) in [5, 5.41) is 6.68. The van der Waals surface area contributed by atoms with Gasteiger partial charge in [0.1, 0.15) is 11.6 Å². The molecule has 2 aromatic heterocycles. The summed E-state index contributed by atoms with van der Waals surface area (Å²) in [4.78, 5) is 10.6. The monoisotopic (exact) mass is 203 g/mol. The number of anilines is 1. The molecule has 0 bridgehead atoms. The van der Waals surface area contributed by atoms with Crippen molar-refractivity contribution < 1.29 is 0 Å². The van der Waals surface area contributed by atoms with Gasteiger partial charge in [-0.2, -0.15) is 5.10 Å². The minimum absolute atomic E-state index is 0.761. The summed E-state index contributed by atoms with van der Waals surface area (Å²) in [6.07, 6.45) is 3.57. The number of hydrogen-bond donors (Lipinski definition) is 1. The number of nitrogens with one attached hydrogen (secondary N) is 1. The van der Waals surface area contributed by atoms with Gasteiger partial charge in [-0.15, -0.1) is 0 Å². The Morgan fingerprint density at radius 3 is 2.67 bits per heavy atom. The molecule has 0 saturated carbocycles. The van der Waals surface area contributed by atoms with Crippen LogP contribution in [0.15, 0.2) is 18.5 Å². The smallest absolute Gasteiger partial charge is 0.132 e. The van der Waals surface area contributed by atoms with Crippen LogP contribution in [0.2, 0.25) is 0 Å². The molecule has 5 heteroatoms. The van der Waals surface area contributed by atoms with E-state index in [1.807, 2.05) is 38.2 Å². The molecule has 0 atom stereocenters. The molecule has 5 nitrogen and oxygen atoms in total. The Morgan fingerprint density at radius 2 is 2.07 bits per heavy atom. The highest BCUT2D eigenvalue weighted by molar-refractivity contribution is 5.60. The van der Waals surface area contributed by atoms with Gasteiger partial charge in [-0.05, 0) is 6.92 Å². The second-order valence-electron chi connectivity index (χ2n) is 3.54. The lowest BCUT2D eigenvalue weighted by molar-refractivity contribution is 0.992. The van der Waals surface area contributed by atoms with Gasteiger partial charge >= 0.3 is 0 Å². The van der Waals surface area contributed by atoms with Crippen molar-refractivity contribution in [3.63, 3.8) is 0 Å². The Morgan fingerprint density at radius 1 is 1.27 bits per heavy atom. The van der Waals surface area contributed by atoms with E-state index in [2.05, 4.69) is 20.2 Å². The lowest BCUT2D eigenvalue weighted by Gasteiger charge is -2.12. The van der Waals surface area contributed by atoms with Gasteiger partial charge < -0.3 is 4.90 Å². The maximum absolute atomic E-state index is 4.36. The van der Waals surface area contributed by atoms with Crippen molar-refractivity contribution in [3.8, 4) is 11.3 Å². The minimum atomic E-state index is 0.761. The van der Waals surface area contributed by atoms with Crippen LogP contribution in [0.4, 0.5) is 5.82 Å². The Hall–Kier alpha value is -1.91. The number of H-pyrrole nitrogens is 1. The molecule has 0 saturated heterocycles. The molecule has 78 valence electrons. The highest BCUT2D eigenvalue weighted by atomic mass is 15.1. The van der Waals surface area contributed by atoms with Crippen LogP contribution in [-0.4, -0.2) is 34.3 Å². The Bertz CT molecular complexity index is 447. The van der Waals surface area contributed by atoms with Crippen LogP contribution in [-0.2, 0) is 0 Å². The molecule has 0 aliphatic heterocycles. The first-order valence-electron chi connectivity index (χ1n) is 4.69. The lowest BCUT2D eigenvalue weighted by Crippen LogP contribution is -2.11. The fraction of sp³-hybridized carbons (Fsp3) is 0.300. The van der Waals surface area contributed by atoms with Crippen molar-refractivity contribution in [1.29, 1.82) is 0 Å². The predicted octanol–water partition coefficient (Wildman–Crippen LogP) is 1.24. The maximum atomic E-state index is 4.36. The van der Waals surface area contributed by atoms with Gasteiger partial charge in [0.2, 0.25) is 0 Å². The van der Waals surface area contributed by atoms with Crippen LogP contribution in [0.3, 0.4) is 0 Å². The maximum Gasteiger partial charge on any atom is 0.132 e. The van der Waals surface area contributed by atoms with Crippen LogP contribution in [0.25, 0.3) is 11.3 Å². The van der Waals surface area contributed by atoms with Crippen molar-refractivity contribution in [3.05, 3.63) is 24.3 Å². The van der Waals surface area contributed by atoms with Gasteiger partial charge in [-0.25, -0.2) is 9.97 Å². The number of aryl methyl sites for hydroxylation is 1. The summed E-state index contributed by atoms with van der Waals surface area (Å²) in [6.45, 7) is 1.89. The zero-order valence-corrected chi connectivity index (χ0v) is 9.02. The third-order valence-corrected chi connectivity index (χ3v) is 2.08. The number of aromatic nitrogens is 4. The molecule has 15 heavy (non-hydrogen) atoms. The lowest BCUT2D eigenvalue weighted by atomic mass is 10.2. The van der Waals surface area contributed by atoms with Crippen LogP contribution in [0.1, 0.15) is 5.82 Å². The SMILES string of the molecule is Cc1nc(-c2cn[nH]c2)cc(N(C)C)n1. The van der Waals surface area contributed by atoms with Crippen LogP contribution < -0.4 is 4.90 Å². The molecule has 0 radical (unpaired) electrons. The van der Waals surface area contributed by atoms with Gasteiger partial charge in [0.25, 0.3) is 0 Å². The van der Waals surface area contributed by atoms with E-state index in [0.717, 1.165) is 22.9 Å². The average molecular weight is 203 g/mol. The van der Waals surface area contributed by atoms with Crippen molar-refractivity contribution in [2.24, 2.45) is 0 Å². The molecule has 1 N–H and O–H groups in total. The number of hydrogen-bond acceptors (Lipinski definition) is 4. The van der Waals surface area contributed by atoms with Crippen LogP contribution in [0.5, 0.6) is 0 Å². The van der Waals surface area contributed by atoms with E-state index in [4.69, 9.17) is 0 Å². The number of nitrogens with zero attached hydrogens (tertiary/aromatic N) is 4. The second-order valence-corrected chi connectivity index (χ2v) is 3.54. The third-order valence-electron chi connectivity index (χ3n) is 2.08. The zero-order chi connectivity index (χ0) is 10.8. The van der Waals surface area contributed by atoms with E-state index in [0.29, 0.717) is 0 Å². The molecule has 2 aromatic rings. The van der Waals surface area contributed by atoms with Gasteiger partial charge in [0, 0.05) is 31.9 Å². The fourth-order valence-electron chi connectivity index (χ4n) is 1.32. The van der Waals surface area contributed by atoms with E-state index < -0.39 is 0 Å². The molecular weight excluding hydrogens is 190 g/mol. The highest BCUT2D eigenvalue weighted by Gasteiger charge is 2.06. The average Bonchev–Trinajstić information content (AvgIpc) is 2.69. The largest absolute Gasteiger partial charge is 0.363 e. The molecule has 0 unspecified atom stereocenters. The first-order chi connectivity index (χ1) is 7.16. The second kappa shape index (κ2) is 3.68. The molecule has 0 spiro atoms. The van der Waals surface area contributed by atoms with Crippen molar-refractivity contribution >= 4 is 5.82 Å². The first kappa shape index (κ1) is 9.64. The van der Waals surface area contributed by atoms with E-state index in [1.54, 1.807) is 6.20 Å². The molecule has 2 rings (SSSR count). The zero-order valence-electron chi connectivity index (χ0n) is 9.02. The molecular formula is C10H13N5. The molecule has 0 aliphatic carbocycles. The highest BCUT2D eigenvalue weighted by Crippen LogP contribution is 2.19. The number of aromatic amines is 1. The summed E-state index contributed by atoms with van der Waals surface area (Å²) in [6, 6.07) is 1.94. The van der Waals surface area contributed by atoms with E-state index in [9.17, 15) is 0 Å². The molecule has 0 aliphatic rings. The predicted molar refractivity (Wildman–Crippen MR) is 58.7 cm³/mol. The normalized spacial score (nSPS) is 10.3. The van der Waals surface area contributed by atoms with Crippen molar-refractivity contribution in [1.82, 2.24) is 20.2 Å². The Labute approximate surface area is 88.2 Å². The van der Waals surface area contributed by atoms with Crippen molar-refractivity contribution in [2.45, 2.75) is 6.92 Å². The van der Waals surface area contributed by atoms with Crippen molar-refractivity contribution in [2.75, 3.05) is 19.0 Å². The third kappa shape index (κ3) is 1.96. The summed E-state index contributed by atoms with van der Waals surface area (Å²) < 4.78 is 0. The van der Waals surface area contributed by atoms with Gasteiger partial charge in [-0.1, -0.05) is 0 Å². The standard InChI is InChI=1S/C10H13N5/c1-7-13-9(8-5-11-12-6-8)4-10(14-7)15(2)3/h4-6H,1-3H3,(H,11,12). The summed E-state index contributed by atoms with van der Waals surface area (Å²) in [7, 11) is 3.92. The topological polar surface area (TPSA) is 57.7 Å². The Balaban J connectivity index is 2.49. The van der Waals surface area contributed by atoms with E-state index in [1.165, 1.54) is 0 Å². The molecule has 0 amide bonds. The summed E-state index contributed by atoms with van der Waals surface area (Å²) in [5.74, 6) is 1.66. The fourth-order valence-corrected chi connectivity index (χ4v) is 1.32. The van der Waals surface area contributed by atoms with Gasteiger partial charge in [-0.3, -0.25) is 5.10 Å². The van der Waals surface area contributed by atoms with E-state index >= 15 is 0 Å². The summed E-state index contributed by atoms with van der Waals surface area (Å²) in [5.41, 5.74) is 1.86. The molecule has 0 fully saturated rings. The quantitative estimate of drug-likeness (QED) is 0.797. The van der Waals surface area contributed by atoms with E-state index in [-0.39, 0.29) is 0 Å². The Kier molecular flexibility index (Phi) is 2.37. The minimum Gasteiger partial charge on any atom is -0.363 e. The summed E-state index contributed by atoms with van der Waals surface area (Å²) >= 11 is 0. The molecule has 2 heterocycles. The van der Waals surface area contributed by atoms with Gasteiger partial charge in [0.05, 0.1) is 11.9 Å². The molecule has 0 aromatic carbocycles. The first-order valence-corrected chi connectivity index (χ1v) is 4.69. The van der Waals surface area contributed by atoms with Crippen LogP contribution >= 0.6 is 0 Å². The van der Waals surface area contributed by atoms with Crippen LogP contribution in [0, 0.1) is 6.92 Å².